The van der Waals surface area contributed by atoms with E-state index in [4.69, 9.17) is 0 Å². The molecule has 3 aromatic rings. The van der Waals surface area contributed by atoms with Crippen LogP contribution < -0.4 is 0 Å². The van der Waals surface area contributed by atoms with Crippen LogP contribution >= 0.6 is 11.8 Å². The molecule has 0 bridgehead atoms. The largest absolute Gasteiger partial charge is 0.360 e. The van der Waals surface area contributed by atoms with Gasteiger partial charge in [-0.2, -0.15) is 0 Å². The number of aromatic nitrogens is 4. The number of amides is 1. The second-order valence-corrected chi connectivity index (χ2v) is 8.97. The fourth-order valence-electron chi connectivity index (χ4n) is 3.75. The van der Waals surface area contributed by atoms with Crippen molar-refractivity contribution in [1.29, 1.82) is 0 Å². The molecule has 1 saturated carbocycles. The highest BCUT2D eigenvalue weighted by atomic mass is 32.2. The van der Waals surface area contributed by atoms with E-state index in [1.54, 1.807) is 0 Å². The zero-order valence-corrected chi connectivity index (χ0v) is 18.7. The summed E-state index contributed by atoms with van der Waals surface area (Å²) in [7, 11) is 0. The Balaban J connectivity index is 1.52. The van der Waals surface area contributed by atoms with Crippen molar-refractivity contribution in [2.75, 3.05) is 18.8 Å². The molecule has 4 rings (SSSR count). The number of para-hydroxylation sites is 1. The normalized spacial score (nSPS) is 13.8. The fraction of sp³-hybridized carbons (Fsp3) is 0.522. The Morgan fingerprint density at radius 3 is 2.60 bits per heavy atom. The SMILES string of the molecule is CCCCN(CCCC)C(=O)CSc1nnc(-c2c[nH]c3ccccc23)n1C1CC1. The van der Waals surface area contributed by atoms with E-state index < -0.39 is 0 Å². The molecule has 1 aliphatic rings. The summed E-state index contributed by atoms with van der Waals surface area (Å²) >= 11 is 1.53. The van der Waals surface area contributed by atoms with Gasteiger partial charge in [-0.15, -0.1) is 10.2 Å². The molecule has 0 aliphatic heterocycles. The minimum absolute atomic E-state index is 0.209. The lowest BCUT2D eigenvalue weighted by Gasteiger charge is -2.22. The molecule has 2 aromatic heterocycles. The third-order valence-electron chi connectivity index (χ3n) is 5.65. The molecule has 0 unspecified atom stereocenters. The maximum absolute atomic E-state index is 12.9. The summed E-state index contributed by atoms with van der Waals surface area (Å²) in [5.41, 5.74) is 2.18. The lowest BCUT2D eigenvalue weighted by atomic mass is 10.1. The van der Waals surface area contributed by atoms with Gasteiger partial charge in [-0.1, -0.05) is 56.7 Å². The number of rotatable bonds is 11. The van der Waals surface area contributed by atoms with E-state index in [1.165, 1.54) is 11.8 Å². The highest BCUT2D eigenvalue weighted by Gasteiger charge is 2.31. The predicted molar refractivity (Wildman–Crippen MR) is 123 cm³/mol. The molecule has 160 valence electrons. The van der Waals surface area contributed by atoms with Crippen LogP contribution in [0.2, 0.25) is 0 Å². The molecule has 1 fully saturated rings. The first-order valence-electron chi connectivity index (χ1n) is 11.1. The predicted octanol–water partition coefficient (Wildman–Crippen LogP) is 5.28. The van der Waals surface area contributed by atoms with Gasteiger partial charge in [0.1, 0.15) is 0 Å². The van der Waals surface area contributed by atoms with Crippen LogP contribution in [0.15, 0.2) is 35.6 Å². The number of hydrogen-bond donors (Lipinski definition) is 1. The van der Waals surface area contributed by atoms with Crippen molar-refractivity contribution in [3.8, 4) is 11.4 Å². The Morgan fingerprint density at radius 2 is 1.90 bits per heavy atom. The number of carbonyl (C=O) groups excluding carboxylic acids is 1. The molecule has 0 radical (unpaired) electrons. The molecular weight excluding hydrogens is 394 g/mol. The molecule has 1 aromatic carbocycles. The lowest BCUT2D eigenvalue weighted by Crippen LogP contribution is -2.34. The average molecular weight is 426 g/mol. The van der Waals surface area contributed by atoms with Crippen LogP contribution in [-0.4, -0.2) is 49.4 Å². The number of benzene rings is 1. The fourth-order valence-corrected chi connectivity index (χ4v) is 4.66. The van der Waals surface area contributed by atoms with Crippen LogP contribution in [0.1, 0.15) is 58.4 Å². The molecular formula is C23H31N5OS. The minimum Gasteiger partial charge on any atom is -0.360 e. The summed E-state index contributed by atoms with van der Waals surface area (Å²) in [5, 5.41) is 11.0. The van der Waals surface area contributed by atoms with Crippen LogP contribution in [0, 0.1) is 0 Å². The van der Waals surface area contributed by atoms with Crippen molar-refractivity contribution < 1.29 is 4.79 Å². The van der Waals surface area contributed by atoms with Gasteiger partial charge in [0.2, 0.25) is 5.91 Å². The number of hydrogen-bond acceptors (Lipinski definition) is 4. The van der Waals surface area contributed by atoms with Gasteiger partial charge in [-0.05, 0) is 31.7 Å². The van der Waals surface area contributed by atoms with E-state index in [2.05, 4.69) is 45.7 Å². The number of nitrogens with zero attached hydrogens (tertiary/aromatic N) is 4. The smallest absolute Gasteiger partial charge is 0.233 e. The quantitative estimate of drug-likeness (QED) is 0.424. The van der Waals surface area contributed by atoms with Gasteiger partial charge in [0.05, 0.1) is 5.75 Å². The molecule has 0 saturated heterocycles. The molecule has 30 heavy (non-hydrogen) atoms. The van der Waals surface area contributed by atoms with Crippen molar-refractivity contribution >= 4 is 28.6 Å². The van der Waals surface area contributed by atoms with Gasteiger partial charge >= 0.3 is 0 Å². The summed E-state index contributed by atoms with van der Waals surface area (Å²) in [6, 6.07) is 8.71. The van der Waals surface area contributed by atoms with Gasteiger partial charge in [0.25, 0.3) is 0 Å². The third kappa shape index (κ3) is 4.56. The summed E-state index contributed by atoms with van der Waals surface area (Å²) in [6.07, 6.45) is 8.64. The van der Waals surface area contributed by atoms with Crippen molar-refractivity contribution in [1.82, 2.24) is 24.6 Å². The van der Waals surface area contributed by atoms with E-state index in [-0.39, 0.29) is 5.91 Å². The van der Waals surface area contributed by atoms with Crippen LogP contribution in [0.5, 0.6) is 0 Å². The van der Waals surface area contributed by atoms with Crippen LogP contribution in [0.4, 0.5) is 0 Å². The molecule has 7 heteroatoms. The Hall–Kier alpha value is -2.28. The van der Waals surface area contributed by atoms with Gasteiger partial charge in [0.15, 0.2) is 11.0 Å². The van der Waals surface area contributed by atoms with Crippen LogP contribution in [-0.2, 0) is 4.79 Å². The summed E-state index contributed by atoms with van der Waals surface area (Å²) in [4.78, 5) is 18.2. The number of nitrogens with one attached hydrogen (secondary N) is 1. The lowest BCUT2D eigenvalue weighted by molar-refractivity contribution is -0.128. The van der Waals surface area contributed by atoms with Gasteiger partial charge in [0, 0.05) is 41.8 Å². The molecule has 1 N–H and O–H groups in total. The first-order chi connectivity index (χ1) is 14.7. The summed E-state index contributed by atoms with van der Waals surface area (Å²) < 4.78 is 2.25. The maximum atomic E-state index is 12.9. The van der Waals surface area contributed by atoms with Gasteiger partial charge < -0.3 is 9.88 Å². The van der Waals surface area contributed by atoms with Crippen molar-refractivity contribution in [3.05, 3.63) is 30.5 Å². The Labute approximate surface area is 182 Å². The summed E-state index contributed by atoms with van der Waals surface area (Å²) in [6.45, 7) is 6.04. The molecule has 2 heterocycles. The number of carbonyl (C=O) groups is 1. The van der Waals surface area contributed by atoms with Crippen molar-refractivity contribution in [3.63, 3.8) is 0 Å². The summed E-state index contributed by atoms with van der Waals surface area (Å²) in [5.74, 6) is 1.53. The minimum atomic E-state index is 0.209. The molecule has 0 spiro atoms. The highest BCUT2D eigenvalue weighted by molar-refractivity contribution is 7.99. The molecule has 1 aliphatic carbocycles. The first kappa shape index (κ1) is 21.0. The number of unbranched alkanes of at least 4 members (excludes halogenated alkanes) is 2. The Morgan fingerprint density at radius 1 is 1.17 bits per heavy atom. The van der Waals surface area contributed by atoms with E-state index in [0.717, 1.165) is 79.1 Å². The van der Waals surface area contributed by atoms with Gasteiger partial charge in [-0.25, -0.2) is 0 Å². The standard InChI is InChI=1S/C23H31N5OS/c1-3-5-13-27(14-6-4-2)21(29)16-30-23-26-25-22(28(23)17-11-12-17)19-15-24-20-10-8-7-9-18(19)20/h7-10,15,17,24H,3-6,11-14,16H2,1-2H3. The number of fused-ring (bicyclic) bond motifs is 1. The van der Waals surface area contributed by atoms with E-state index in [1.807, 2.05) is 23.2 Å². The van der Waals surface area contributed by atoms with Gasteiger partial charge in [-0.3, -0.25) is 9.36 Å². The van der Waals surface area contributed by atoms with Crippen molar-refractivity contribution in [2.24, 2.45) is 0 Å². The third-order valence-corrected chi connectivity index (χ3v) is 6.58. The number of aromatic amines is 1. The van der Waals surface area contributed by atoms with Crippen molar-refractivity contribution in [2.45, 2.75) is 63.6 Å². The average Bonchev–Trinajstić information content (AvgIpc) is 3.38. The second-order valence-electron chi connectivity index (χ2n) is 8.03. The number of thioether (sulfide) groups is 1. The monoisotopic (exact) mass is 425 g/mol. The topological polar surface area (TPSA) is 66.8 Å². The Kier molecular flexibility index (Phi) is 6.77. The molecule has 0 atom stereocenters. The van der Waals surface area contributed by atoms with E-state index in [0.29, 0.717) is 11.8 Å². The maximum Gasteiger partial charge on any atom is 0.233 e. The zero-order chi connectivity index (χ0) is 20.9. The Bertz CT molecular complexity index is 983. The second kappa shape index (κ2) is 9.69. The number of H-pyrrole nitrogens is 1. The van der Waals surface area contributed by atoms with Crippen LogP contribution in [0.3, 0.4) is 0 Å². The van der Waals surface area contributed by atoms with E-state index in [9.17, 15) is 4.79 Å². The first-order valence-corrected chi connectivity index (χ1v) is 12.1. The zero-order valence-electron chi connectivity index (χ0n) is 17.9. The molecule has 1 amide bonds. The van der Waals surface area contributed by atoms with Crippen LogP contribution in [0.25, 0.3) is 22.3 Å². The highest BCUT2D eigenvalue weighted by Crippen LogP contribution is 2.42. The molecule has 6 nitrogen and oxygen atoms in total. The van der Waals surface area contributed by atoms with E-state index >= 15 is 0 Å².